The lowest BCUT2D eigenvalue weighted by atomic mass is 9.97. The second-order valence-corrected chi connectivity index (χ2v) is 4.40. The Kier molecular flexibility index (Phi) is 2.26. The van der Waals surface area contributed by atoms with Gasteiger partial charge < -0.3 is 5.32 Å². The van der Waals surface area contributed by atoms with Crippen LogP contribution in [0.25, 0.3) is 11.1 Å². The van der Waals surface area contributed by atoms with Gasteiger partial charge in [-0.05, 0) is 40.8 Å². The summed E-state index contributed by atoms with van der Waals surface area (Å²) < 4.78 is 0. The predicted molar refractivity (Wildman–Crippen MR) is 67.2 cm³/mol. The summed E-state index contributed by atoms with van der Waals surface area (Å²) in [5, 5.41) is 3.38. The Morgan fingerprint density at radius 3 is 2.62 bits per heavy atom. The average Bonchev–Trinajstić information content (AvgIpc) is 2.76. The van der Waals surface area contributed by atoms with Crippen molar-refractivity contribution in [3.63, 3.8) is 0 Å². The molecule has 0 saturated heterocycles. The first-order chi connectivity index (χ1) is 7.84. The summed E-state index contributed by atoms with van der Waals surface area (Å²) in [5.41, 5.74) is 6.91. The molecule has 1 aliphatic heterocycles. The smallest absolute Gasteiger partial charge is 0.0212 e. The topological polar surface area (TPSA) is 12.0 Å². The van der Waals surface area contributed by atoms with Crippen molar-refractivity contribution in [3.05, 3.63) is 59.2 Å². The second-order valence-electron chi connectivity index (χ2n) is 4.40. The van der Waals surface area contributed by atoms with E-state index in [0.29, 0.717) is 0 Å². The number of rotatable bonds is 1. The van der Waals surface area contributed by atoms with Crippen LogP contribution >= 0.6 is 0 Å². The lowest BCUT2D eigenvalue weighted by Gasteiger charge is -2.07. The molecule has 3 rings (SSSR count). The van der Waals surface area contributed by atoms with E-state index in [9.17, 15) is 0 Å². The van der Waals surface area contributed by atoms with E-state index in [0.717, 1.165) is 13.1 Å². The molecule has 1 aliphatic rings. The number of aryl methyl sites for hydroxylation is 1. The highest BCUT2D eigenvalue weighted by Gasteiger charge is 2.11. The van der Waals surface area contributed by atoms with Gasteiger partial charge in [-0.1, -0.05) is 36.4 Å². The molecule has 2 aromatic carbocycles. The van der Waals surface area contributed by atoms with E-state index >= 15 is 0 Å². The molecule has 80 valence electrons. The third-order valence-corrected chi connectivity index (χ3v) is 3.29. The van der Waals surface area contributed by atoms with Gasteiger partial charge in [-0.25, -0.2) is 0 Å². The SMILES string of the molecule is Cc1ccccc1-c1ccc2c(c1)CNC2. The first-order valence-electron chi connectivity index (χ1n) is 5.73. The van der Waals surface area contributed by atoms with E-state index in [1.54, 1.807) is 0 Å². The summed E-state index contributed by atoms with van der Waals surface area (Å²) in [4.78, 5) is 0. The van der Waals surface area contributed by atoms with E-state index < -0.39 is 0 Å². The highest BCUT2D eigenvalue weighted by Crippen LogP contribution is 2.27. The van der Waals surface area contributed by atoms with Crippen molar-refractivity contribution in [1.29, 1.82) is 0 Å². The second kappa shape index (κ2) is 3.76. The number of nitrogens with one attached hydrogen (secondary N) is 1. The Bertz CT molecular complexity index is 529. The fraction of sp³-hybridized carbons (Fsp3) is 0.200. The molecule has 0 bridgehead atoms. The summed E-state index contributed by atoms with van der Waals surface area (Å²) in [7, 11) is 0. The van der Waals surface area contributed by atoms with E-state index in [-0.39, 0.29) is 0 Å². The number of benzene rings is 2. The Morgan fingerprint density at radius 2 is 1.75 bits per heavy atom. The van der Waals surface area contributed by atoms with Gasteiger partial charge >= 0.3 is 0 Å². The standard InChI is InChI=1S/C15H15N/c1-11-4-2-3-5-15(11)12-6-7-13-9-16-10-14(13)8-12/h2-8,16H,9-10H2,1H3. The van der Waals surface area contributed by atoms with E-state index in [2.05, 4.69) is 54.7 Å². The van der Waals surface area contributed by atoms with Crippen molar-refractivity contribution in [1.82, 2.24) is 5.32 Å². The molecule has 1 nitrogen and oxygen atoms in total. The van der Waals surface area contributed by atoms with Crippen molar-refractivity contribution < 1.29 is 0 Å². The van der Waals surface area contributed by atoms with Gasteiger partial charge in [-0.15, -0.1) is 0 Å². The Labute approximate surface area is 96.1 Å². The molecule has 0 unspecified atom stereocenters. The minimum atomic E-state index is 1.01. The zero-order valence-corrected chi connectivity index (χ0v) is 9.46. The van der Waals surface area contributed by atoms with E-state index in [1.807, 2.05) is 0 Å². The predicted octanol–water partition coefficient (Wildman–Crippen LogP) is 3.27. The molecule has 0 amide bonds. The van der Waals surface area contributed by atoms with Crippen LogP contribution in [0, 0.1) is 6.92 Å². The van der Waals surface area contributed by atoms with Crippen molar-refractivity contribution in [2.24, 2.45) is 0 Å². The lowest BCUT2D eigenvalue weighted by Crippen LogP contribution is -1.99. The Morgan fingerprint density at radius 1 is 0.938 bits per heavy atom. The number of fused-ring (bicyclic) bond motifs is 1. The minimum absolute atomic E-state index is 1.01. The highest BCUT2D eigenvalue weighted by molar-refractivity contribution is 5.68. The Balaban J connectivity index is 2.11. The molecule has 0 radical (unpaired) electrons. The minimum Gasteiger partial charge on any atom is -0.309 e. The summed E-state index contributed by atoms with van der Waals surface area (Å²) >= 11 is 0. The molecule has 1 heteroatoms. The van der Waals surface area contributed by atoms with Crippen LogP contribution in [0.1, 0.15) is 16.7 Å². The molecule has 1 heterocycles. The quantitative estimate of drug-likeness (QED) is 0.760. The van der Waals surface area contributed by atoms with Crippen LogP contribution in [-0.4, -0.2) is 0 Å². The molecule has 0 atom stereocenters. The van der Waals surface area contributed by atoms with Crippen molar-refractivity contribution in [3.8, 4) is 11.1 Å². The van der Waals surface area contributed by atoms with Crippen molar-refractivity contribution in [2.45, 2.75) is 20.0 Å². The van der Waals surface area contributed by atoms with Gasteiger partial charge in [0.05, 0.1) is 0 Å². The van der Waals surface area contributed by atoms with Gasteiger partial charge in [-0.3, -0.25) is 0 Å². The van der Waals surface area contributed by atoms with Crippen molar-refractivity contribution >= 4 is 0 Å². The third-order valence-electron chi connectivity index (χ3n) is 3.29. The lowest BCUT2D eigenvalue weighted by molar-refractivity contribution is 0.765. The summed E-state index contributed by atoms with van der Waals surface area (Å²) in [6, 6.07) is 15.4. The molecule has 0 spiro atoms. The molecule has 0 aromatic heterocycles. The normalized spacial score (nSPS) is 13.8. The van der Waals surface area contributed by atoms with Gasteiger partial charge in [0.2, 0.25) is 0 Å². The molecule has 1 N–H and O–H groups in total. The average molecular weight is 209 g/mol. The largest absolute Gasteiger partial charge is 0.309 e. The van der Waals surface area contributed by atoms with Crippen LogP contribution in [-0.2, 0) is 13.1 Å². The van der Waals surface area contributed by atoms with Crippen LogP contribution in [0.2, 0.25) is 0 Å². The summed E-state index contributed by atoms with van der Waals surface area (Å²) in [6.45, 7) is 4.19. The van der Waals surface area contributed by atoms with Gasteiger partial charge in [0.15, 0.2) is 0 Å². The Hall–Kier alpha value is -1.60. The number of hydrogen-bond acceptors (Lipinski definition) is 1. The van der Waals surface area contributed by atoms with Gasteiger partial charge in [0, 0.05) is 13.1 Å². The monoisotopic (exact) mass is 209 g/mol. The fourth-order valence-corrected chi connectivity index (χ4v) is 2.36. The molecule has 16 heavy (non-hydrogen) atoms. The maximum atomic E-state index is 3.38. The molecule has 0 aliphatic carbocycles. The van der Waals surface area contributed by atoms with Crippen LogP contribution in [0.3, 0.4) is 0 Å². The summed E-state index contributed by atoms with van der Waals surface area (Å²) in [6.07, 6.45) is 0. The van der Waals surface area contributed by atoms with Gasteiger partial charge in [0.25, 0.3) is 0 Å². The van der Waals surface area contributed by atoms with Crippen LogP contribution in [0.15, 0.2) is 42.5 Å². The molecule has 2 aromatic rings. The van der Waals surface area contributed by atoms with Crippen LogP contribution in [0.5, 0.6) is 0 Å². The maximum absolute atomic E-state index is 3.38. The highest BCUT2D eigenvalue weighted by atomic mass is 14.9. The maximum Gasteiger partial charge on any atom is 0.0212 e. The fourth-order valence-electron chi connectivity index (χ4n) is 2.36. The van der Waals surface area contributed by atoms with Gasteiger partial charge in [0.1, 0.15) is 0 Å². The zero-order chi connectivity index (χ0) is 11.0. The van der Waals surface area contributed by atoms with E-state index in [1.165, 1.54) is 27.8 Å². The molecule has 0 saturated carbocycles. The number of hydrogen-bond donors (Lipinski definition) is 1. The van der Waals surface area contributed by atoms with Crippen LogP contribution in [0.4, 0.5) is 0 Å². The first-order valence-corrected chi connectivity index (χ1v) is 5.73. The zero-order valence-electron chi connectivity index (χ0n) is 9.46. The first kappa shape index (κ1) is 9.61. The van der Waals surface area contributed by atoms with Crippen molar-refractivity contribution in [2.75, 3.05) is 0 Å². The van der Waals surface area contributed by atoms with Gasteiger partial charge in [-0.2, -0.15) is 0 Å². The third kappa shape index (κ3) is 1.54. The molecular weight excluding hydrogens is 194 g/mol. The molecular formula is C15H15N. The van der Waals surface area contributed by atoms with Crippen LogP contribution < -0.4 is 5.32 Å². The van der Waals surface area contributed by atoms with E-state index in [4.69, 9.17) is 0 Å². The molecule has 0 fully saturated rings. The summed E-state index contributed by atoms with van der Waals surface area (Å²) in [5.74, 6) is 0.